The summed E-state index contributed by atoms with van der Waals surface area (Å²) in [6.45, 7) is 10.3. The average molecular weight is 963 g/mol. The number of ether oxygens (including phenoxy) is 2. The van der Waals surface area contributed by atoms with Crippen LogP contribution in [0.15, 0.2) is 171 Å². The van der Waals surface area contributed by atoms with Crippen molar-refractivity contribution in [3.63, 3.8) is 0 Å². The van der Waals surface area contributed by atoms with Gasteiger partial charge in [0.25, 0.3) is 0 Å². The summed E-state index contributed by atoms with van der Waals surface area (Å²) in [7, 11) is 0. The molecule has 0 spiro atoms. The van der Waals surface area contributed by atoms with E-state index in [2.05, 4.69) is 227 Å². The summed E-state index contributed by atoms with van der Waals surface area (Å²) in [5.41, 5.74) is 9.76. The van der Waals surface area contributed by atoms with Crippen molar-refractivity contribution in [2.24, 2.45) is 0 Å². The second kappa shape index (κ2) is 30.9. The Morgan fingerprint density at radius 3 is 0.778 bits per heavy atom. The number of benzene rings is 3. The van der Waals surface area contributed by atoms with Crippen LogP contribution in [0, 0.1) is 0 Å². The van der Waals surface area contributed by atoms with Gasteiger partial charge in [-0.15, -0.1) is 0 Å². The first kappa shape index (κ1) is 53.1. The van der Waals surface area contributed by atoms with Crippen LogP contribution in [-0.2, 0) is 26.2 Å². The first-order valence-corrected chi connectivity index (χ1v) is 27.5. The van der Waals surface area contributed by atoms with Crippen molar-refractivity contribution in [1.29, 1.82) is 0 Å². The largest absolute Gasteiger partial charge is 0.494 e. The molecule has 0 saturated heterocycles. The van der Waals surface area contributed by atoms with Crippen LogP contribution in [-0.4, -0.2) is 13.2 Å². The van der Waals surface area contributed by atoms with Gasteiger partial charge < -0.3 is 9.47 Å². The van der Waals surface area contributed by atoms with Crippen LogP contribution in [0.4, 0.5) is 0 Å². The standard InChI is InChI=1S/C66H82N4O2/c1-3-5-7-13-43-67-47-35-61(36-48-67)63-39-51-69(52-40-63)45-15-9-11-17-55-71-65-31-27-59(28-32-65)25-23-57-19-21-58(22-20-57)24-26-60-29-33-66(34-30-60)72-56-18-12-10-16-46-70-53-41-64(42-54-70)62-37-49-68(50-38-62)44-14-8-6-4-2/h19-42,47-54H,3-18,43-46,55-56H2,1-2H3/q+4/b25-23+,26-24+. The number of pyridine rings is 4. The predicted molar refractivity (Wildman–Crippen MR) is 298 cm³/mol. The molecular formula is C66H82N4O2+4. The SMILES string of the molecule is CCCCCC[n+]1ccc(-c2cc[n+](CCCCCCOc3ccc(/C=C/c4ccc(/C=C/c5ccc(OCCCCCC[n+]6ccc(-c7cc[n+](CCCCCC)cc7)cc6)cc5)cc4)cc3)cc2)cc1. The van der Waals surface area contributed by atoms with Gasteiger partial charge in [-0.1, -0.05) is 112 Å². The van der Waals surface area contributed by atoms with E-state index in [1.165, 1.54) is 123 Å². The molecule has 0 bridgehead atoms. The maximum absolute atomic E-state index is 6.07. The minimum absolute atomic E-state index is 0.751. The second-order valence-electron chi connectivity index (χ2n) is 19.4. The quantitative estimate of drug-likeness (QED) is 0.0239. The van der Waals surface area contributed by atoms with Crippen molar-refractivity contribution in [1.82, 2.24) is 0 Å². The number of hydrogen-bond donors (Lipinski definition) is 0. The van der Waals surface area contributed by atoms with Gasteiger partial charge in [0.2, 0.25) is 0 Å². The lowest BCUT2D eigenvalue weighted by Gasteiger charge is -2.06. The zero-order valence-electron chi connectivity index (χ0n) is 43.6. The monoisotopic (exact) mass is 963 g/mol. The highest BCUT2D eigenvalue weighted by molar-refractivity contribution is 5.73. The maximum atomic E-state index is 6.07. The maximum Gasteiger partial charge on any atom is 0.169 e. The summed E-state index contributed by atoms with van der Waals surface area (Å²) in [6, 6.07) is 43.4. The zero-order chi connectivity index (χ0) is 49.7. The first-order valence-electron chi connectivity index (χ1n) is 27.5. The molecule has 4 aromatic heterocycles. The fourth-order valence-electron chi connectivity index (χ4n) is 8.97. The summed E-state index contributed by atoms with van der Waals surface area (Å²) in [4.78, 5) is 0. The molecule has 0 atom stereocenters. The highest BCUT2D eigenvalue weighted by atomic mass is 16.5. The molecule has 6 heteroatoms. The van der Waals surface area contributed by atoms with Gasteiger partial charge in [-0.3, -0.25) is 0 Å². The molecule has 7 rings (SSSR count). The lowest BCUT2D eigenvalue weighted by molar-refractivity contribution is -0.697. The minimum Gasteiger partial charge on any atom is -0.494 e. The van der Waals surface area contributed by atoms with E-state index < -0.39 is 0 Å². The zero-order valence-corrected chi connectivity index (χ0v) is 43.6. The molecule has 7 aromatic rings. The number of unbranched alkanes of at least 4 members (excludes halogenated alkanes) is 12. The van der Waals surface area contributed by atoms with Crippen LogP contribution >= 0.6 is 0 Å². The summed E-state index contributed by atoms with van der Waals surface area (Å²) in [6.07, 6.45) is 46.0. The Morgan fingerprint density at radius 1 is 0.278 bits per heavy atom. The van der Waals surface area contributed by atoms with Crippen LogP contribution in [0.3, 0.4) is 0 Å². The molecule has 4 heterocycles. The molecule has 72 heavy (non-hydrogen) atoms. The molecule has 0 unspecified atom stereocenters. The Labute approximate surface area is 433 Å². The molecule has 6 nitrogen and oxygen atoms in total. The molecule has 0 fully saturated rings. The Hall–Kier alpha value is -6.66. The normalized spacial score (nSPS) is 11.5. The van der Waals surface area contributed by atoms with Crippen molar-refractivity contribution in [3.8, 4) is 33.8 Å². The highest BCUT2D eigenvalue weighted by Gasteiger charge is 2.09. The number of aryl methyl sites for hydroxylation is 4. The van der Waals surface area contributed by atoms with Crippen LogP contribution in [0.25, 0.3) is 46.6 Å². The van der Waals surface area contributed by atoms with Crippen LogP contribution in [0.1, 0.15) is 139 Å². The van der Waals surface area contributed by atoms with Gasteiger partial charge in [0.1, 0.15) is 37.7 Å². The van der Waals surface area contributed by atoms with Crippen molar-refractivity contribution in [3.05, 3.63) is 193 Å². The Bertz CT molecular complexity index is 2420. The van der Waals surface area contributed by atoms with E-state index in [9.17, 15) is 0 Å². The van der Waals surface area contributed by atoms with Crippen LogP contribution in [0.2, 0.25) is 0 Å². The number of hydrogen-bond acceptors (Lipinski definition) is 2. The van der Waals surface area contributed by atoms with Crippen LogP contribution in [0.5, 0.6) is 11.5 Å². The molecule has 0 amide bonds. The van der Waals surface area contributed by atoms with Gasteiger partial charge in [0, 0.05) is 74.2 Å². The third-order valence-corrected chi connectivity index (χ3v) is 13.6. The molecule has 0 aliphatic heterocycles. The number of aromatic nitrogens is 4. The van der Waals surface area contributed by atoms with E-state index >= 15 is 0 Å². The first-order chi connectivity index (χ1) is 35.6. The second-order valence-corrected chi connectivity index (χ2v) is 19.4. The fourth-order valence-corrected chi connectivity index (χ4v) is 8.97. The summed E-state index contributed by atoms with van der Waals surface area (Å²) < 4.78 is 21.4. The van der Waals surface area contributed by atoms with E-state index in [1.54, 1.807) is 0 Å². The number of nitrogens with zero attached hydrogens (tertiary/aromatic N) is 4. The third kappa shape index (κ3) is 19.2. The van der Waals surface area contributed by atoms with Gasteiger partial charge >= 0.3 is 0 Å². The molecule has 0 aliphatic carbocycles. The Kier molecular flexibility index (Phi) is 22.8. The average Bonchev–Trinajstić information content (AvgIpc) is 3.43. The molecule has 0 aliphatic rings. The summed E-state index contributed by atoms with van der Waals surface area (Å²) in [5, 5.41) is 0. The molecule has 0 radical (unpaired) electrons. The molecule has 374 valence electrons. The van der Waals surface area contributed by atoms with Gasteiger partial charge in [-0.05, 0) is 120 Å². The lowest BCUT2D eigenvalue weighted by Crippen LogP contribution is -2.33. The fraction of sp³-hybridized carbons (Fsp3) is 0.364. The van der Waals surface area contributed by atoms with E-state index in [-0.39, 0.29) is 0 Å². The Balaban J connectivity index is 0.704. The Morgan fingerprint density at radius 2 is 0.514 bits per heavy atom. The molecule has 0 N–H and O–H groups in total. The summed E-state index contributed by atoms with van der Waals surface area (Å²) >= 11 is 0. The van der Waals surface area contributed by atoms with Crippen molar-refractivity contribution in [2.75, 3.05) is 13.2 Å². The van der Waals surface area contributed by atoms with Crippen molar-refractivity contribution < 1.29 is 27.7 Å². The van der Waals surface area contributed by atoms with Crippen LogP contribution < -0.4 is 27.7 Å². The molecule has 0 saturated carbocycles. The van der Waals surface area contributed by atoms with Crippen molar-refractivity contribution in [2.45, 2.75) is 143 Å². The summed E-state index contributed by atoms with van der Waals surface area (Å²) in [5.74, 6) is 1.86. The topological polar surface area (TPSA) is 34.0 Å². The van der Waals surface area contributed by atoms with Crippen molar-refractivity contribution >= 4 is 24.3 Å². The van der Waals surface area contributed by atoms with E-state index in [0.717, 1.165) is 74.9 Å². The smallest absolute Gasteiger partial charge is 0.169 e. The van der Waals surface area contributed by atoms with Gasteiger partial charge in [-0.2, -0.15) is 0 Å². The molecular weight excluding hydrogens is 881 g/mol. The minimum atomic E-state index is 0.751. The third-order valence-electron chi connectivity index (χ3n) is 13.6. The van der Waals surface area contributed by atoms with E-state index in [1.807, 2.05) is 0 Å². The highest BCUT2D eigenvalue weighted by Crippen LogP contribution is 2.20. The van der Waals surface area contributed by atoms with E-state index in [4.69, 9.17) is 9.47 Å². The van der Waals surface area contributed by atoms with Gasteiger partial charge in [0.05, 0.1) is 13.2 Å². The number of rotatable bonds is 32. The predicted octanol–water partition coefficient (Wildman–Crippen LogP) is 15.0. The van der Waals surface area contributed by atoms with E-state index in [0.29, 0.717) is 0 Å². The van der Waals surface area contributed by atoms with Gasteiger partial charge in [-0.25, -0.2) is 18.3 Å². The van der Waals surface area contributed by atoms with Gasteiger partial charge in [0.15, 0.2) is 49.6 Å². The lowest BCUT2D eigenvalue weighted by atomic mass is 10.1. The molecule has 3 aromatic carbocycles.